The van der Waals surface area contributed by atoms with Crippen LogP contribution in [-0.2, 0) is 9.53 Å². The third kappa shape index (κ3) is 3.45. The van der Waals surface area contributed by atoms with Gasteiger partial charge >= 0.3 is 5.97 Å². The molecule has 1 saturated heterocycles. The summed E-state index contributed by atoms with van der Waals surface area (Å²) in [5.74, 6) is -1.74. The molecule has 1 aliphatic rings. The van der Waals surface area contributed by atoms with Crippen LogP contribution >= 0.6 is 11.6 Å². The lowest BCUT2D eigenvalue weighted by Gasteiger charge is -2.28. The Bertz CT molecular complexity index is 480. The van der Waals surface area contributed by atoms with E-state index in [1.807, 2.05) is 0 Å². The van der Waals surface area contributed by atoms with Crippen LogP contribution in [0.3, 0.4) is 0 Å². The Balaban J connectivity index is 2.18. The number of aromatic nitrogens is 1. The number of pyridine rings is 1. The van der Waals surface area contributed by atoms with E-state index in [0.717, 1.165) is 6.07 Å². The van der Waals surface area contributed by atoms with Crippen LogP contribution in [0.15, 0.2) is 6.07 Å². The summed E-state index contributed by atoms with van der Waals surface area (Å²) < 4.78 is 23.9. The van der Waals surface area contributed by atoms with E-state index in [9.17, 15) is 9.18 Å². The van der Waals surface area contributed by atoms with Crippen molar-refractivity contribution in [3.05, 3.63) is 17.0 Å². The molecule has 0 radical (unpaired) electrons. The number of nitrogens with zero attached hydrogens (tertiary/aromatic N) is 2. The molecule has 1 aromatic rings. The lowest BCUT2D eigenvalue weighted by atomic mass is 10.3. The van der Waals surface area contributed by atoms with Crippen molar-refractivity contribution < 1.29 is 23.8 Å². The lowest BCUT2D eigenvalue weighted by molar-refractivity contribution is -0.139. The van der Waals surface area contributed by atoms with Crippen LogP contribution in [0.2, 0.25) is 5.15 Å². The SMILES string of the molecule is O=C(O)COc1cc(F)c(N2CCOCC2)nc1Cl. The molecule has 6 nitrogen and oxygen atoms in total. The first-order valence-corrected chi connectivity index (χ1v) is 5.99. The van der Waals surface area contributed by atoms with E-state index in [1.165, 1.54) is 0 Å². The van der Waals surface area contributed by atoms with Crippen LogP contribution in [0.5, 0.6) is 5.75 Å². The largest absolute Gasteiger partial charge is 0.479 e. The van der Waals surface area contributed by atoms with E-state index in [2.05, 4.69) is 4.98 Å². The van der Waals surface area contributed by atoms with E-state index in [0.29, 0.717) is 26.3 Å². The number of hydrogen-bond acceptors (Lipinski definition) is 5. The molecule has 0 saturated carbocycles. The highest BCUT2D eigenvalue weighted by atomic mass is 35.5. The highest BCUT2D eigenvalue weighted by Crippen LogP contribution is 2.29. The topological polar surface area (TPSA) is 71.9 Å². The van der Waals surface area contributed by atoms with Crippen molar-refractivity contribution in [2.45, 2.75) is 0 Å². The predicted molar refractivity (Wildman–Crippen MR) is 65.4 cm³/mol. The van der Waals surface area contributed by atoms with Gasteiger partial charge < -0.3 is 19.5 Å². The maximum atomic E-state index is 13.9. The second kappa shape index (κ2) is 6.03. The molecule has 0 atom stereocenters. The molecule has 0 spiro atoms. The minimum Gasteiger partial charge on any atom is -0.479 e. The van der Waals surface area contributed by atoms with E-state index in [-0.39, 0.29) is 16.7 Å². The molecule has 0 aromatic carbocycles. The summed E-state index contributed by atoms with van der Waals surface area (Å²) in [7, 11) is 0. The molecule has 1 N–H and O–H groups in total. The van der Waals surface area contributed by atoms with Crippen LogP contribution in [0.1, 0.15) is 0 Å². The molecule has 104 valence electrons. The first-order chi connectivity index (χ1) is 9.08. The Morgan fingerprint density at radius 2 is 2.26 bits per heavy atom. The molecule has 0 aliphatic carbocycles. The van der Waals surface area contributed by atoms with Crippen molar-refractivity contribution in [1.82, 2.24) is 4.98 Å². The molecule has 1 aliphatic heterocycles. The van der Waals surface area contributed by atoms with E-state index in [4.69, 9.17) is 26.2 Å². The average Bonchev–Trinajstić information content (AvgIpc) is 2.40. The average molecular weight is 291 g/mol. The lowest BCUT2D eigenvalue weighted by Crippen LogP contribution is -2.37. The van der Waals surface area contributed by atoms with Crippen LogP contribution in [0.25, 0.3) is 0 Å². The summed E-state index contributed by atoms with van der Waals surface area (Å²) in [4.78, 5) is 16.0. The summed E-state index contributed by atoms with van der Waals surface area (Å²) in [6.07, 6.45) is 0. The number of morpholine rings is 1. The minimum absolute atomic E-state index is 0.0656. The van der Waals surface area contributed by atoms with Gasteiger partial charge in [0.15, 0.2) is 29.1 Å². The maximum absolute atomic E-state index is 13.9. The smallest absolute Gasteiger partial charge is 0.341 e. The molecule has 8 heteroatoms. The van der Waals surface area contributed by atoms with Gasteiger partial charge in [-0.05, 0) is 0 Å². The molecular formula is C11H12ClFN2O4. The Hall–Kier alpha value is -1.60. The van der Waals surface area contributed by atoms with E-state index >= 15 is 0 Å². The van der Waals surface area contributed by atoms with Gasteiger partial charge in [0.2, 0.25) is 0 Å². The Morgan fingerprint density at radius 3 is 2.89 bits per heavy atom. The third-order valence-corrected chi connectivity index (χ3v) is 2.81. The van der Waals surface area contributed by atoms with Crippen LogP contribution < -0.4 is 9.64 Å². The number of hydrogen-bond donors (Lipinski definition) is 1. The van der Waals surface area contributed by atoms with Crippen LogP contribution in [-0.4, -0.2) is 49.0 Å². The monoisotopic (exact) mass is 290 g/mol. The second-order valence-corrected chi connectivity index (χ2v) is 4.22. The Labute approximate surface area is 113 Å². The normalized spacial score (nSPS) is 15.4. The molecule has 19 heavy (non-hydrogen) atoms. The van der Waals surface area contributed by atoms with Crippen molar-refractivity contribution in [3.8, 4) is 5.75 Å². The van der Waals surface area contributed by atoms with Crippen LogP contribution in [0, 0.1) is 5.82 Å². The van der Waals surface area contributed by atoms with Gasteiger partial charge in [-0.15, -0.1) is 0 Å². The summed E-state index contributed by atoms with van der Waals surface area (Å²) in [6, 6.07) is 1.04. The number of anilines is 1. The summed E-state index contributed by atoms with van der Waals surface area (Å²) in [6.45, 7) is 1.44. The quantitative estimate of drug-likeness (QED) is 0.840. The molecule has 1 fully saturated rings. The van der Waals surface area contributed by atoms with E-state index < -0.39 is 18.4 Å². The number of carboxylic acids is 1. The maximum Gasteiger partial charge on any atom is 0.341 e. The van der Waals surface area contributed by atoms with Crippen molar-refractivity contribution in [1.29, 1.82) is 0 Å². The highest BCUT2D eigenvalue weighted by molar-refractivity contribution is 6.31. The predicted octanol–water partition coefficient (Wildman–Crippen LogP) is 1.17. The molecule has 0 amide bonds. The number of carboxylic acid groups (broad SMARTS) is 1. The first kappa shape index (κ1) is 13.8. The fraction of sp³-hybridized carbons (Fsp3) is 0.455. The molecule has 1 aromatic heterocycles. The molecule has 2 heterocycles. The number of halogens is 2. The Morgan fingerprint density at radius 1 is 1.58 bits per heavy atom. The second-order valence-electron chi connectivity index (χ2n) is 3.86. The van der Waals surface area contributed by atoms with Crippen molar-refractivity contribution in [3.63, 3.8) is 0 Å². The van der Waals surface area contributed by atoms with Crippen molar-refractivity contribution in [2.24, 2.45) is 0 Å². The fourth-order valence-corrected chi connectivity index (χ4v) is 1.87. The summed E-state index contributed by atoms with van der Waals surface area (Å²) in [5, 5.41) is 8.42. The van der Waals surface area contributed by atoms with Gasteiger partial charge in [0.1, 0.15) is 0 Å². The molecular weight excluding hydrogens is 279 g/mol. The highest BCUT2D eigenvalue weighted by Gasteiger charge is 2.19. The van der Waals surface area contributed by atoms with Gasteiger partial charge in [0, 0.05) is 19.2 Å². The fourth-order valence-electron chi connectivity index (χ4n) is 1.68. The third-order valence-electron chi connectivity index (χ3n) is 2.54. The number of rotatable bonds is 4. The zero-order chi connectivity index (χ0) is 13.8. The zero-order valence-electron chi connectivity index (χ0n) is 9.94. The minimum atomic E-state index is -1.17. The van der Waals surface area contributed by atoms with Crippen LogP contribution in [0.4, 0.5) is 10.2 Å². The van der Waals surface area contributed by atoms with Crippen molar-refractivity contribution in [2.75, 3.05) is 37.8 Å². The van der Waals surface area contributed by atoms with Gasteiger partial charge in [-0.2, -0.15) is 0 Å². The molecule has 0 unspecified atom stereocenters. The number of carbonyl (C=O) groups is 1. The summed E-state index contributed by atoms with van der Waals surface area (Å²) >= 11 is 5.85. The van der Waals surface area contributed by atoms with Gasteiger partial charge in [-0.3, -0.25) is 0 Å². The van der Waals surface area contributed by atoms with Gasteiger partial charge in [0.25, 0.3) is 0 Å². The van der Waals surface area contributed by atoms with Gasteiger partial charge in [-0.25, -0.2) is 14.2 Å². The van der Waals surface area contributed by atoms with E-state index in [1.54, 1.807) is 4.90 Å². The molecule has 2 rings (SSSR count). The first-order valence-electron chi connectivity index (χ1n) is 5.61. The number of aliphatic carboxylic acids is 1. The summed E-state index contributed by atoms with van der Waals surface area (Å²) in [5.41, 5.74) is 0. The Kier molecular flexibility index (Phi) is 4.39. The number of ether oxygens (including phenoxy) is 2. The van der Waals surface area contributed by atoms with Gasteiger partial charge in [0.05, 0.1) is 13.2 Å². The van der Waals surface area contributed by atoms with Gasteiger partial charge in [-0.1, -0.05) is 11.6 Å². The van der Waals surface area contributed by atoms with Crippen molar-refractivity contribution >= 4 is 23.4 Å². The standard InChI is InChI=1S/C11H12ClFN2O4/c12-10-8(19-6-9(16)17)5-7(13)11(14-10)15-1-3-18-4-2-15/h5H,1-4,6H2,(H,16,17). The molecule has 0 bridgehead atoms. The zero-order valence-corrected chi connectivity index (χ0v) is 10.7.